The molecule has 0 aliphatic heterocycles. The van der Waals surface area contributed by atoms with E-state index < -0.39 is 15.9 Å². The van der Waals surface area contributed by atoms with Crippen LogP contribution in [0.25, 0.3) is 0 Å². The minimum atomic E-state index is -3.99. The Morgan fingerprint density at radius 3 is 2.47 bits per heavy atom. The van der Waals surface area contributed by atoms with Gasteiger partial charge < -0.3 is 14.8 Å². The van der Waals surface area contributed by atoms with Gasteiger partial charge in [-0.05, 0) is 56.0 Å². The van der Waals surface area contributed by atoms with Gasteiger partial charge in [-0.25, -0.2) is 8.42 Å². The van der Waals surface area contributed by atoms with Crippen molar-refractivity contribution in [1.82, 2.24) is 5.32 Å². The highest BCUT2D eigenvalue weighted by Gasteiger charge is 2.29. The first kappa shape index (κ1) is 24.0. The van der Waals surface area contributed by atoms with Crippen LogP contribution in [0.2, 0.25) is 0 Å². The van der Waals surface area contributed by atoms with Crippen LogP contribution in [0.3, 0.4) is 0 Å². The summed E-state index contributed by atoms with van der Waals surface area (Å²) in [4.78, 5) is 13.6. The van der Waals surface area contributed by atoms with Gasteiger partial charge in [-0.1, -0.05) is 12.1 Å². The number of sulfonamides is 1. The van der Waals surface area contributed by atoms with Crippen molar-refractivity contribution in [3.05, 3.63) is 48.5 Å². The highest BCUT2D eigenvalue weighted by Crippen LogP contribution is 2.32. The number of nitrogens with zero attached hydrogens (tertiary/aromatic N) is 1. The van der Waals surface area contributed by atoms with Gasteiger partial charge >= 0.3 is 0 Å². The first-order valence-electron chi connectivity index (χ1n) is 9.58. The number of carbonyl (C=O) groups excluding carboxylic acids is 1. The van der Waals surface area contributed by atoms with Crippen molar-refractivity contribution < 1.29 is 22.7 Å². The van der Waals surface area contributed by atoms with Gasteiger partial charge in [0.25, 0.3) is 10.0 Å². The van der Waals surface area contributed by atoms with E-state index in [2.05, 4.69) is 5.32 Å². The van der Waals surface area contributed by atoms with Crippen LogP contribution in [-0.2, 0) is 19.6 Å². The average molecular weight is 453 g/mol. The van der Waals surface area contributed by atoms with Crippen LogP contribution in [-0.4, -0.2) is 54.0 Å². The van der Waals surface area contributed by atoms with Crippen molar-refractivity contribution >= 4 is 33.4 Å². The molecule has 2 aromatic rings. The Morgan fingerprint density at radius 2 is 1.83 bits per heavy atom. The Morgan fingerprint density at radius 1 is 1.13 bits per heavy atom. The molecule has 2 aromatic carbocycles. The molecule has 0 aliphatic carbocycles. The second-order valence-corrected chi connectivity index (χ2v) is 9.03. The van der Waals surface area contributed by atoms with Crippen molar-refractivity contribution in [1.29, 1.82) is 0 Å². The molecular weight excluding hydrogens is 424 g/mol. The van der Waals surface area contributed by atoms with Crippen LogP contribution in [0.4, 0.5) is 5.69 Å². The fraction of sp³-hybridized carbons (Fsp3) is 0.381. The number of rotatable bonds is 12. The second kappa shape index (κ2) is 11.8. The van der Waals surface area contributed by atoms with E-state index in [1.165, 1.54) is 11.8 Å². The highest BCUT2D eigenvalue weighted by molar-refractivity contribution is 7.98. The lowest BCUT2D eigenvalue weighted by Crippen LogP contribution is -2.41. The average Bonchev–Trinajstić information content (AvgIpc) is 2.76. The molecule has 0 aromatic heterocycles. The minimum Gasteiger partial charge on any atom is -0.492 e. The van der Waals surface area contributed by atoms with Gasteiger partial charge in [0.2, 0.25) is 5.91 Å². The molecule has 0 heterocycles. The van der Waals surface area contributed by atoms with E-state index in [0.29, 0.717) is 37.6 Å². The van der Waals surface area contributed by atoms with Crippen LogP contribution < -0.4 is 14.4 Å². The SMILES string of the molecule is CCOc1ccccc1N(CC(=O)NCCCOC)S(=O)(=O)c1ccc(SC)cc1. The lowest BCUT2D eigenvalue weighted by atomic mass is 10.3. The number of anilines is 1. The van der Waals surface area contributed by atoms with E-state index in [1.807, 2.05) is 13.2 Å². The van der Waals surface area contributed by atoms with E-state index in [4.69, 9.17) is 9.47 Å². The number of hydrogen-bond donors (Lipinski definition) is 1. The molecule has 7 nitrogen and oxygen atoms in total. The summed E-state index contributed by atoms with van der Waals surface area (Å²) in [5.41, 5.74) is 0.320. The summed E-state index contributed by atoms with van der Waals surface area (Å²) >= 11 is 1.52. The van der Waals surface area contributed by atoms with E-state index in [0.717, 1.165) is 9.20 Å². The van der Waals surface area contributed by atoms with Gasteiger partial charge in [0, 0.05) is 25.2 Å². The van der Waals surface area contributed by atoms with Gasteiger partial charge in [-0.3, -0.25) is 9.10 Å². The number of nitrogens with one attached hydrogen (secondary N) is 1. The van der Waals surface area contributed by atoms with Crippen LogP contribution >= 0.6 is 11.8 Å². The lowest BCUT2D eigenvalue weighted by Gasteiger charge is -2.26. The molecule has 0 spiro atoms. The first-order valence-corrected chi connectivity index (χ1v) is 12.2. The number of carbonyl (C=O) groups is 1. The number of amides is 1. The first-order chi connectivity index (χ1) is 14.4. The number of para-hydroxylation sites is 2. The third-order valence-corrected chi connectivity index (χ3v) is 6.73. The molecule has 0 saturated carbocycles. The number of thioether (sulfide) groups is 1. The molecule has 1 amide bonds. The van der Waals surface area contributed by atoms with Crippen molar-refractivity contribution in [3.63, 3.8) is 0 Å². The van der Waals surface area contributed by atoms with E-state index in [9.17, 15) is 13.2 Å². The van der Waals surface area contributed by atoms with Gasteiger partial charge in [-0.15, -0.1) is 11.8 Å². The van der Waals surface area contributed by atoms with Gasteiger partial charge in [0.15, 0.2) is 0 Å². The predicted octanol–water partition coefficient (Wildman–Crippen LogP) is 3.16. The van der Waals surface area contributed by atoms with Gasteiger partial charge in [0.05, 0.1) is 17.2 Å². The summed E-state index contributed by atoms with van der Waals surface area (Å²) in [7, 11) is -2.41. The summed E-state index contributed by atoms with van der Waals surface area (Å²) in [6, 6.07) is 13.4. The molecule has 9 heteroatoms. The monoisotopic (exact) mass is 452 g/mol. The fourth-order valence-corrected chi connectivity index (χ4v) is 4.59. The molecule has 164 valence electrons. The van der Waals surface area contributed by atoms with Crippen molar-refractivity contribution in [3.8, 4) is 5.75 Å². The second-order valence-electron chi connectivity index (χ2n) is 6.28. The Kier molecular flexibility index (Phi) is 9.48. The van der Waals surface area contributed by atoms with Crippen molar-refractivity contribution in [2.75, 3.05) is 44.0 Å². The highest BCUT2D eigenvalue weighted by atomic mass is 32.2. The molecule has 0 radical (unpaired) electrons. The molecule has 0 bridgehead atoms. The number of methoxy groups -OCH3 is 1. The normalized spacial score (nSPS) is 11.2. The molecule has 0 saturated heterocycles. The van der Waals surface area contributed by atoms with Gasteiger partial charge in [0.1, 0.15) is 12.3 Å². The number of benzene rings is 2. The largest absolute Gasteiger partial charge is 0.492 e. The Balaban J connectivity index is 2.38. The topological polar surface area (TPSA) is 84.9 Å². The zero-order valence-electron chi connectivity index (χ0n) is 17.5. The molecule has 1 N–H and O–H groups in total. The Hall–Kier alpha value is -2.23. The van der Waals surface area contributed by atoms with Crippen LogP contribution in [0.15, 0.2) is 58.3 Å². The van der Waals surface area contributed by atoms with E-state index in [1.54, 1.807) is 55.6 Å². The summed E-state index contributed by atoms with van der Waals surface area (Å²) in [5.74, 6) is -0.00166. The molecule has 0 unspecified atom stereocenters. The number of hydrogen-bond acceptors (Lipinski definition) is 6. The molecule has 0 fully saturated rings. The third kappa shape index (κ3) is 6.38. The summed E-state index contributed by atoms with van der Waals surface area (Å²) in [6.07, 6.45) is 2.56. The smallest absolute Gasteiger partial charge is 0.264 e. The molecular formula is C21H28N2O5S2. The lowest BCUT2D eigenvalue weighted by molar-refractivity contribution is -0.119. The van der Waals surface area contributed by atoms with Crippen LogP contribution in [0.1, 0.15) is 13.3 Å². The molecule has 2 rings (SSSR count). The number of ether oxygens (including phenoxy) is 2. The summed E-state index contributed by atoms with van der Waals surface area (Å²) < 4.78 is 38.6. The van der Waals surface area contributed by atoms with Crippen molar-refractivity contribution in [2.24, 2.45) is 0 Å². The maximum Gasteiger partial charge on any atom is 0.264 e. The Labute approximate surface area is 182 Å². The van der Waals surface area contributed by atoms with Crippen LogP contribution in [0, 0.1) is 0 Å². The maximum atomic E-state index is 13.5. The Bertz CT molecular complexity index is 917. The van der Waals surface area contributed by atoms with E-state index >= 15 is 0 Å². The predicted molar refractivity (Wildman–Crippen MR) is 120 cm³/mol. The summed E-state index contributed by atoms with van der Waals surface area (Å²) in [6.45, 7) is 2.74. The minimum absolute atomic E-state index is 0.110. The van der Waals surface area contributed by atoms with E-state index in [-0.39, 0.29) is 11.4 Å². The maximum absolute atomic E-state index is 13.5. The quantitative estimate of drug-likeness (QED) is 0.393. The summed E-state index contributed by atoms with van der Waals surface area (Å²) in [5, 5.41) is 2.74. The molecule has 0 aliphatic rings. The fourth-order valence-electron chi connectivity index (χ4n) is 2.75. The zero-order chi connectivity index (χ0) is 22.0. The molecule has 30 heavy (non-hydrogen) atoms. The van der Waals surface area contributed by atoms with Crippen molar-refractivity contribution in [2.45, 2.75) is 23.1 Å². The standard InChI is InChI=1S/C21H28N2O5S2/c1-4-28-20-9-6-5-8-19(20)23(16-21(24)22-14-7-15-27-2)30(25,26)18-12-10-17(29-3)11-13-18/h5-6,8-13H,4,7,14-16H2,1-3H3,(H,22,24). The third-order valence-electron chi connectivity index (χ3n) is 4.22. The van der Waals surface area contributed by atoms with Gasteiger partial charge in [-0.2, -0.15) is 0 Å². The van der Waals surface area contributed by atoms with Crippen LogP contribution in [0.5, 0.6) is 5.75 Å². The zero-order valence-corrected chi connectivity index (χ0v) is 19.1. The molecule has 0 atom stereocenters.